The van der Waals surface area contributed by atoms with Gasteiger partial charge in [0.05, 0.1) is 26.4 Å². The summed E-state index contributed by atoms with van der Waals surface area (Å²) >= 11 is 0. The van der Waals surface area contributed by atoms with Crippen molar-refractivity contribution in [1.82, 2.24) is 0 Å². The molecule has 0 fully saturated rings. The number of carbonyl (C=O) groups excluding carboxylic acids is 4. The van der Waals surface area contributed by atoms with Gasteiger partial charge in [0.1, 0.15) is 19.3 Å². The second kappa shape index (κ2) is 72.5. The maximum Gasteiger partial charge on any atom is 0.472 e. The quantitative estimate of drug-likeness (QED) is 0.0169. The third-order valence-electron chi connectivity index (χ3n) is 18.5. The van der Waals surface area contributed by atoms with Crippen LogP contribution in [0.5, 0.6) is 0 Å². The first-order valence-corrected chi connectivity index (χ1v) is 44.0. The number of esters is 4. The Kier molecular flexibility index (Phi) is 70.7. The average Bonchev–Trinajstić information content (AvgIpc) is 0.975. The zero-order valence-corrected chi connectivity index (χ0v) is 65.9. The molecule has 0 spiro atoms. The van der Waals surface area contributed by atoms with Crippen LogP contribution in [-0.2, 0) is 65.4 Å². The predicted molar refractivity (Wildman–Crippen MR) is 404 cm³/mol. The fraction of sp³-hybridized carbons (Fsp3) is 0.900. The molecule has 0 saturated heterocycles. The lowest BCUT2D eigenvalue weighted by atomic mass is 9.99. The van der Waals surface area contributed by atoms with Gasteiger partial charge in [-0.25, -0.2) is 9.13 Å². The van der Waals surface area contributed by atoms with Crippen molar-refractivity contribution in [3.8, 4) is 0 Å². The van der Waals surface area contributed by atoms with Crippen LogP contribution in [0.3, 0.4) is 0 Å². The van der Waals surface area contributed by atoms with Gasteiger partial charge in [-0.3, -0.25) is 37.3 Å². The van der Waals surface area contributed by atoms with Gasteiger partial charge in [-0.05, 0) is 57.3 Å². The molecule has 99 heavy (non-hydrogen) atoms. The number of carbonyl (C=O) groups is 4. The van der Waals surface area contributed by atoms with Gasteiger partial charge in [0, 0.05) is 25.7 Å². The smallest absolute Gasteiger partial charge is 0.462 e. The van der Waals surface area contributed by atoms with Crippen LogP contribution in [0.4, 0.5) is 0 Å². The lowest BCUT2D eigenvalue weighted by molar-refractivity contribution is -0.161. The molecule has 0 radical (unpaired) electrons. The number of allylic oxidation sites excluding steroid dienone is 4. The number of phosphoric acid groups is 2. The van der Waals surface area contributed by atoms with Crippen molar-refractivity contribution < 1.29 is 80.2 Å². The molecule has 0 aromatic heterocycles. The highest BCUT2D eigenvalue weighted by atomic mass is 31.2. The molecule has 6 atom stereocenters. The molecule has 584 valence electrons. The zero-order valence-electron chi connectivity index (χ0n) is 64.1. The molecule has 0 aliphatic heterocycles. The van der Waals surface area contributed by atoms with Crippen molar-refractivity contribution in [2.45, 2.75) is 419 Å². The minimum atomic E-state index is -4.97. The third kappa shape index (κ3) is 72.3. The van der Waals surface area contributed by atoms with E-state index in [4.69, 9.17) is 37.0 Å². The molecule has 0 aromatic carbocycles. The lowest BCUT2D eigenvalue weighted by Crippen LogP contribution is -2.30. The van der Waals surface area contributed by atoms with E-state index in [-0.39, 0.29) is 25.7 Å². The van der Waals surface area contributed by atoms with Crippen LogP contribution >= 0.6 is 15.6 Å². The molecule has 0 amide bonds. The fourth-order valence-electron chi connectivity index (χ4n) is 11.8. The van der Waals surface area contributed by atoms with Gasteiger partial charge in [0.2, 0.25) is 0 Å². The second-order valence-electron chi connectivity index (χ2n) is 28.4. The van der Waals surface area contributed by atoms with Gasteiger partial charge in [-0.15, -0.1) is 0 Å². The highest BCUT2D eigenvalue weighted by Gasteiger charge is 2.30. The van der Waals surface area contributed by atoms with Crippen molar-refractivity contribution in [2.75, 3.05) is 39.6 Å². The summed E-state index contributed by atoms with van der Waals surface area (Å²) in [5.74, 6) is -1.34. The Hall–Kier alpha value is -2.46. The highest BCUT2D eigenvalue weighted by Crippen LogP contribution is 2.45. The Bertz CT molecular complexity index is 1990. The first-order chi connectivity index (χ1) is 48.1. The van der Waals surface area contributed by atoms with Crippen LogP contribution in [0.25, 0.3) is 0 Å². The fourth-order valence-corrected chi connectivity index (χ4v) is 13.4. The number of hydrogen-bond donors (Lipinski definition) is 3. The summed E-state index contributed by atoms with van der Waals surface area (Å²) in [7, 11) is -9.93. The van der Waals surface area contributed by atoms with E-state index < -0.39 is 97.5 Å². The molecule has 0 bridgehead atoms. The van der Waals surface area contributed by atoms with Gasteiger partial charge < -0.3 is 33.8 Å². The van der Waals surface area contributed by atoms with Crippen LogP contribution in [0.2, 0.25) is 0 Å². The monoisotopic (exact) mass is 1450 g/mol. The van der Waals surface area contributed by atoms with Crippen LogP contribution in [0, 0.1) is 5.92 Å². The summed E-state index contributed by atoms with van der Waals surface area (Å²) in [6.07, 6.45) is 66.0. The highest BCUT2D eigenvalue weighted by molar-refractivity contribution is 7.47. The first-order valence-electron chi connectivity index (χ1n) is 41.0. The number of hydrogen-bond acceptors (Lipinski definition) is 15. The van der Waals surface area contributed by atoms with Crippen molar-refractivity contribution in [1.29, 1.82) is 0 Å². The van der Waals surface area contributed by atoms with Gasteiger partial charge in [-0.2, -0.15) is 0 Å². The molecule has 0 heterocycles. The minimum absolute atomic E-state index is 0.102. The normalized spacial score (nSPS) is 14.3. The van der Waals surface area contributed by atoms with Crippen LogP contribution in [0.1, 0.15) is 401 Å². The molecule has 0 aliphatic rings. The SMILES string of the molecule is CCCCCC/C=C\C=C/CCCCCCCC(=O)OC[C@H](COP(=O)(O)OC[C@@H](O)COP(=O)(O)OC[C@@H](COC(=O)CCCCCCCCCCC)OC(=O)CCCCCCCCCCCCC(C)CC)OC(=O)CCCCCCCCCCCCCCCCCCCCCCC. The average molecular weight is 1450 g/mol. The Balaban J connectivity index is 5.24. The van der Waals surface area contributed by atoms with E-state index >= 15 is 0 Å². The number of rotatable bonds is 78. The molecule has 3 unspecified atom stereocenters. The molecular formula is C80H152O17P2. The van der Waals surface area contributed by atoms with E-state index in [0.717, 1.165) is 115 Å². The summed E-state index contributed by atoms with van der Waals surface area (Å²) in [4.78, 5) is 72.9. The van der Waals surface area contributed by atoms with Crippen molar-refractivity contribution in [2.24, 2.45) is 5.92 Å². The minimum Gasteiger partial charge on any atom is -0.462 e. The van der Waals surface area contributed by atoms with Gasteiger partial charge >= 0.3 is 39.5 Å². The molecule has 17 nitrogen and oxygen atoms in total. The van der Waals surface area contributed by atoms with Gasteiger partial charge in [0.25, 0.3) is 0 Å². The maximum atomic E-state index is 13.1. The Morgan fingerprint density at radius 2 is 0.566 bits per heavy atom. The molecule has 0 aromatic rings. The van der Waals surface area contributed by atoms with Crippen molar-refractivity contribution >= 4 is 39.5 Å². The van der Waals surface area contributed by atoms with Crippen LogP contribution in [-0.4, -0.2) is 96.7 Å². The first kappa shape index (κ1) is 96.5. The van der Waals surface area contributed by atoms with E-state index in [0.29, 0.717) is 25.7 Å². The summed E-state index contributed by atoms with van der Waals surface area (Å²) in [6, 6.07) is 0. The number of phosphoric ester groups is 2. The van der Waals surface area contributed by atoms with Crippen molar-refractivity contribution in [3.05, 3.63) is 24.3 Å². The van der Waals surface area contributed by atoms with Gasteiger partial charge in [-0.1, -0.05) is 348 Å². The summed E-state index contributed by atoms with van der Waals surface area (Å²) in [5.41, 5.74) is 0. The number of ether oxygens (including phenoxy) is 4. The molecule has 19 heteroatoms. The van der Waals surface area contributed by atoms with Gasteiger partial charge in [0.15, 0.2) is 12.2 Å². The largest absolute Gasteiger partial charge is 0.472 e. The molecule has 0 saturated carbocycles. The topological polar surface area (TPSA) is 237 Å². The van der Waals surface area contributed by atoms with Crippen LogP contribution < -0.4 is 0 Å². The van der Waals surface area contributed by atoms with E-state index in [1.807, 2.05) is 0 Å². The standard InChI is InChI=1S/C80H152O17P2/c1-6-10-13-16-19-22-24-26-28-29-30-31-32-33-35-37-39-45-50-55-60-65-79(84)96-76(70-91-78(83)64-59-54-49-44-38-36-34-27-25-23-20-17-14-11-7-2)72-95-99(88,89)93-68-74(81)67-92-98(86,87)94-71-75(69-90-77(82)63-58-53-48-42-21-18-15-12-8-3)97-80(85)66-61-56-51-46-41-40-43-47-52-57-62-73(5)9-4/h23,25,27,34,73-76,81H,6-22,24,26,28-33,35-72H2,1-5H3,(H,86,87)(H,88,89)/b25-23-,34-27-/t73?,74-,75+,76+/m0/s1. The van der Waals surface area contributed by atoms with E-state index in [1.54, 1.807) is 0 Å². The van der Waals surface area contributed by atoms with Crippen molar-refractivity contribution in [3.63, 3.8) is 0 Å². The molecule has 3 N–H and O–H groups in total. The Labute approximate surface area is 605 Å². The van der Waals surface area contributed by atoms with E-state index in [2.05, 4.69) is 58.9 Å². The Morgan fingerprint density at radius 1 is 0.323 bits per heavy atom. The predicted octanol–water partition coefficient (Wildman–Crippen LogP) is 23.6. The number of unbranched alkanes of at least 4 members (excludes halogenated alkanes) is 46. The Morgan fingerprint density at radius 3 is 0.859 bits per heavy atom. The van der Waals surface area contributed by atoms with Crippen LogP contribution in [0.15, 0.2) is 24.3 Å². The maximum absolute atomic E-state index is 13.1. The van der Waals surface area contributed by atoms with E-state index in [1.165, 1.54) is 205 Å². The number of aliphatic hydroxyl groups is 1. The lowest BCUT2D eigenvalue weighted by Gasteiger charge is -2.21. The molecular weight excluding hydrogens is 1290 g/mol. The molecule has 0 rings (SSSR count). The second-order valence-corrected chi connectivity index (χ2v) is 31.3. The molecule has 0 aliphatic carbocycles. The van der Waals surface area contributed by atoms with E-state index in [9.17, 15) is 43.2 Å². The zero-order chi connectivity index (χ0) is 72.7. The number of aliphatic hydroxyl groups excluding tert-OH is 1. The summed E-state index contributed by atoms with van der Waals surface area (Å²) in [5, 5.41) is 10.6. The third-order valence-corrected chi connectivity index (χ3v) is 20.4. The summed E-state index contributed by atoms with van der Waals surface area (Å²) < 4.78 is 68.6. The summed E-state index contributed by atoms with van der Waals surface area (Å²) in [6.45, 7) is 7.26.